The van der Waals surface area contributed by atoms with Crippen molar-refractivity contribution in [3.63, 3.8) is 0 Å². The van der Waals surface area contributed by atoms with Gasteiger partial charge < -0.3 is 15.1 Å². The second-order valence-electron chi connectivity index (χ2n) is 6.92. The normalized spacial score (nSPS) is 14.2. The molecule has 0 spiro atoms. The van der Waals surface area contributed by atoms with Crippen LogP contribution in [0.25, 0.3) is 0 Å². The highest BCUT2D eigenvalue weighted by atomic mass is 19.1. The van der Waals surface area contributed by atoms with E-state index in [1.807, 2.05) is 43.3 Å². The summed E-state index contributed by atoms with van der Waals surface area (Å²) in [6.45, 7) is 5.74. The van der Waals surface area contributed by atoms with E-state index >= 15 is 0 Å². The van der Waals surface area contributed by atoms with Gasteiger partial charge in [-0.25, -0.2) is 14.4 Å². The molecule has 0 unspecified atom stereocenters. The summed E-state index contributed by atoms with van der Waals surface area (Å²) < 4.78 is 14.0. The number of aryl methyl sites for hydroxylation is 1. The predicted octanol–water partition coefficient (Wildman–Crippen LogP) is 3.86. The average Bonchev–Trinajstić information content (AvgIpc) is 2.73. The van der Waals surface area contributed by atoms with E-state index in [1.165, 1.54) is 11.6 Å². The van der Waals surface area contributed by atoms with E-state index in [0.29, 0.717) is 5.69 Å². The van der Waals surface area contributed by atoms with Gasteiger partial charge in [-0.05, 0) is 24.6 Å². The first kappa shape index (κ1) is 18.2. The molecule has 3 aromatic rings. The summed E-state index contributed by atoms with van der Waals surface area (Å²) >= 11 is 0. The number of hydrogen-bond acceptors (Lipinski definition) is 5. The number of halogens is 1. The van der Waals surface area contributed by atoms with E-state index in [4.69, 9.17) is 0 Å². The number of benzene rings is 2. The lowest BCUT2D eigenvalue weighted by Gasteiger charge is -2.37. The quantitative estimate of drug-likeness (QED) is 0.731. The SMILES string of the molecule is Cc1nc(NCc2ccccc2)cc(N2CCN(c3ccccc3F)CC2)n1. The second kappa shape index (κ2) is 8.25. The molecule has 1 N–H and O–H groups in total. The predicted molar refractivity (Wildman–Crippen MR) is 111 cm³/mol. The van der Waals surface area contributed by atoms with Gasteiger partial charge in [0.15, 0.2) is 0 Å². The molecule has 6 heteroatoms. The van der Waals surface area contributed by atoms with Gasteiger partial charge in [0.25, 0.3) is 0 Å². The van der Waals surface area contributed by atoms with E-state index in [9.17, 15) is 4.39 Å². The monoisotopic (exact) mass is 377 g/mol. The molecule has 144 valence electrons. The van der Waals surface area contributed by atoms with E-state index in [-0.39, 0.29) is 5.82 Å². The molecular weight excluding hydrogens is 353 g/mol. The van der Waals surface area contributed by atoms with E-state index < -0.39 is 0 Å². The topological polar surface area (TPSA) is 44.3 Å². The van der Waals surface area contributed by atoms with Gasteiger partial charge >= 0.3 is 0 Å². The first-order chi connectivity index (χ1) is 13.7. The van der Waals surface area contributed by atoms with Crippen LogP contribution in [0.15, 0.2) is 60.7 Å². The Hall–Kier alpha value is -3.15. The van der Waals surface area contributed by atoms with E-state index in [0.717, 1.165) is 50.2 Å². The molecule has 5 nitrogen and oxygen atoms in total. The van der Waals surface area contributed by atoms with Crippen molar-refractivity contribution in [1.29, 1.82) is 0 Å². The second-order valence-corrected chi connectivity index (χ2v) is 6.92. The first-order valence-electron chi connectivity index (χ1n) is 9.57. The minimum atomic E-state index is -0.166. The molecule has 2 heterocycles. The fourth-order valence-corrected chi connectivity index (χ4v) is 3.48. The number of anilines is 3. The highest BCUT2D eigenvalue weighted by molar-refractivity contribution is 5.53. The van der Waals surface area contributed by atoms with Crippen LogP contribution in [-0.2, 0) is 6.54 Å². The molecule has 0 atom stereocenters. The fourth-order valence-electron chi connectivity index (χ4n) is 3.48. The Kier molecular flexibility index (Phi) is 5.37. The van der Waals surface area contributed by atoms with Gasteiger partial charge in [0, 0.05) is 38.8 Å². The molecule has 0 radical (unpaired) electrons. The fraction of sp³-hybridized carbons (Fsp3) is 0.273. The molecule has 0 aliphatic carbocycles. The molecular formula is C22H24FN5. The number of aromatic nitrogens is 2. The Balaban J connectivity index is 1.42. The van der Waals surface area contributed by atoms with Gasteiger partial charge in [0.2, 0.25) is 0 Å². The lowest BCUT2D eigenvalue weighted by Crippen LogP contribution is -2.47. The number of hydrogen-bond donors (Lipinski definition) is 1. The summed E-state index contributed by atoms with van der Waals surface area (Å²) in [5, 5.41) is 3.39. The molecule has 4 rings (SSSR count). The Bertz CT molecular complexity index is 923. The molecule has 2 aromatic carbocycles. The minimum Gasteiger partial charge on any atom is -0.366 e. The van der Waals surface area contributed by atoms with Crippen LogP contribution in [0.2, 0.25) is 0 Å². The molecule has 28 heavy (non-hydrogen) atoms. The molecule has 0 bridgehead atoms. The molecule has 0 saturated carbocycles. The number of para-hydroxylation sites is 1. The van der Waals surface area contributed by atoms with Gasteiger partial charge in [0.1, 0.15) is 23.3 Å². The summed E-state index contributed by atoms with van der Waals surface area (Å²) in [4.78, 5) is 13.4. The van der Waals surface area contributed by atoms with Crippen LogP contribution in [0.4, 0.5) is 21.7 Å². The number of nitrogens with zero attached hydrogens (tertiary/aromatic N) is 4. The Morgan fingerprint density at radius 3 is 2.32 bits per heavy atom. The number of piperazine rings is 1. The van der Waals surface area contributed by atoms with Crippen LogP contribution in [0.3, 0.4) is 0 Å². The largest absolute Gasteiger partial charge is 0.366 e. The standard InChI is InChI=1S/C22H24FN5/c1-17-25-21(24-16-18-7-3-2-4-8-18)15-22(26-17)28-13-11-27(12-14-28)20-10-6-5-9-19(20)23/h2-10,15H,11-14,16H2,1H3,(H,24,25,26). The molecule has 0 amide bonds. The van der Waals surface area contributed by atoms with Crippen LogP contribution in [0.5, 0.6) is 0 Å². The van der Waals surface area contributed by atoms with Gasteiger partial charge in [-0.1, -0.05) is 42.5 Å². The zero-order chi connectivity index (χ0) is 19.3. The molecule has 1 aliphatic rings. The van der Waals surface area contributed by atoms with Crippen LogP contribution in [0.1, 0.15) is 11.4 Å². The van der Waals surface area contributed by atoms with Crippen molar-refractivity contribution in [3.05, 3.63) is 77.9 Å². The van der Waals surface area contributed by atoms with Crippen LogP contribution in [0, 0.1) is 12.7 Å². The summed E-state index contributed by atoms with van der Waals surface area (Å²) in [7, 11) is 0. The maximum atomic E-state index is 14.0. The third-order valence-electron chi connectivity index (χ3n) is 4.94. The zero-order valence-electron chi connectivity index (χ0n) is 16.0. The van der Waals surface area contributed by atoms with Crippen molar-refractivity contribution < 1.29 is 4.39 Å². The highest BCUT2D eigenvalue weighted by Crippen LogP contribution is 2.23. The van der Waals surface area contributed by atoms with Crippen LogP contribution < -0.4 is 15.1 Å². The summed E-state index contributed by atoms with van der Waals surface area (Å²) in [6, 6.07) is 19.2. The molecule has 1 saturated heterocycles. The van der Waals surface area contributed by atoms with Crippen molar-refractivity contribution in [2.45, 2.75) is 13.5 Å². The zero-order valence-corrected chi connectivity index (χ0v) is 16.0. The molecule has 1 aliphatic heterocycles. The van der Waals surface area contributed by atoms with Crippen molar-refractivity contribution in [2.24, 2.45) is 0 Å². The Labute approximate surface area is 164 Å². The lowest BCUT2D eigenvalue weighted by atomic mass is 10.2. The molecule has 1 fully saturated rings. The van der Waals surface area contributed by atoms with Gasteiger partial charge in [-0.15, -0.1) is 0 Å². The number of nitrogens with one attached hydrogen (secondary N) is 1. The average molecular weight is 377 g/mol. The third kappa shape index (κ3) is 4.22. The van der Waals surface area contributed by atoms with Crippen LogP contribution >= 0.6 is 0 Å². The van der Waals surface area contributed by atoms with Crippen LogP contribution in [-0.4, -0.2) is 36.1 Å². The first-order valence-corrected chi connectivity index (χ1v) is 9.57. The summed E-state index contributed by atoms with van der Waals surface area (Å²) in [5.41, 5.74) is 1.88. The minimum absolute atomic E-state index is 0.166. The highest BCUT2D eigenvalue weighted by Gasteiger charge is 2.20. The maximum Gasteiger partial charge on any atom is 0.146 e. The van der Waals surface area contributed by atoms with Crippen molar-refractivity contribution in [2.75, 3.05) is 41.3 Å². The van der Waals surface area contributed by atoms with Crippen molar-refractivity contribution >= 4 is 17.3 Å². The molecule has 1 aromatic heterocycles. The third-order valence-corrected chi connectivity index (χ3v) is 4.94. The summed E-state index contributed by atoms with van der Waals surface area (Å²) in [5.74, 6) is 2.31. The Morgan fingerprint density at radius 1 is 0.893 bits per heavy atom. The Morgan fingerprint density at radius 2 is 1.57 bits per heavy atom. The van der Waals surface area contributed by atoms with Crippen molar-refractivity contribution in [3.8, 4) is 0 Å². The van der Waals surface area contributed by atoms with Gasteiger partial charge in [-0.2, -0.15) is 0 Å². The van der Waals surface area contributed by atoms with E-state index in [1.54, 1.807) is 6.07 Å². The van der Waals surface area contributed by atoms with Gasteiger partial charge in [0.05, 0.1) is 5.69 Å². The van der Waals surface area contributed by atoms with E-state index in [2.05, 4.69) is 37.2 Å². The smallest absolute Gasteiger partial charge is 0.146 e. The number of rotatable bonds is 5. The van der Waals surface area contributed by atoms with Crippen molar-refractivity contribution in [1.82, 2.24) is 9.97 Å². The summed E-state index contributed by atoms with van der Waals surface area (Å²) in [6.07, 6.45) is 0. The maximum absolute atomic E-state index is 14.0. The lowest BCUT2D eigenvalue weighted by molar-refractivity contribution is 0.596. The van der Waals surface area contributed by atoms with Gasteiger partial charge in [-0.3, -0.25) is 0 Å².